The van der Waals surface area contributed by atoms with E-state index >= 15 is 0 Å². The highest BCUT2D eigenvalue weighted by atomic mass is 31.2. The molecule has 0 spiro atoms. The first-order chi connectivity index (χ1) is 7.99. The van der Waals surface area contributed by atoms with E-state index in [-0.39, 0.29) is 0 Å². The second-order valence-electron chi connectivity index (χ2n) is 3.83. The van der Waals surface area contributed by atoms with Crippen molar-refractivity contribution in [3.05, 3.63) is 0 Å². The van der Waals surface area contributed by atoms with Crippen molar-refractivity contribution in [3.63, 3.8) is 0 Å². The summed E-state index contributed by atoms with van der Waals surface area (Å²) in [7, 11) is -9.20. The van der Waals surface area contributed by atoms with E-state index in [9.17, 15) is 19.3 Å². The minimum atomic E-state index is -4.75. The van der Waals surface area contributed by atoms with Crippen LogP contribution >= 0.6 is 15.4 Å². The molecule has 0 bridgehead atoms. The Kier molecular flexibility index (Phi) is 5.07. The van der Waals surface area contributed by atoms with E-state index in [1.54, 1.807) is 0 Å². The molecule has 1 aliphatic rings. The van der Waals surface area contributed by atoms with Gasteiger partial charge in [0.25, 0.3) is 0 Å². The average Bonchev–Trinajstić information content (AvgIpc) is 2.40. The van der Waals surface area contributed by atoms with Gasteiger partial charge in [-0.05, 0) is 0 Å². The van der Waals surface area contributed by atoms with Gasteiger partial charge in [-0.1, -0.05) is 0 Å². The van der Waals surface area contributed by atoms with Gasteiger partial charge in [0.15, 0.2) is 0 Å². The Hall–Kier alpha value is 0.140. The molecule has 0 unspecified atom stereocenters. The van der Waals surface area contributed by atoms with Crippen LogP contribution in [0.25, 0.3) is 0 Å². The first-order valence-corrected chi connectivity index (χ1v) is 8.08. The lowest BCUT2D eigenvalue weighted by atomic mass is 10.1. The summed E-state index contributed by atoms with van der Waals surface area (Å²) >= 11 is 0. The molecule has 1 rings (SSSR count). The van der Waals surface area contributed by atoms with E-state index in [0.29, 0.717) is 0 Å². The average molecular weight is 308 g/mol. The van der Waals surface area contributed by atoms with E-state index in [1.807, 2.05) is 0 Å². The van der Waals surface area contributed by atoms with Crippen LogP contribution in [0.15, 0.2) is 0 Å². The van der Waals surface area contributed by atoms with Gasteiger partial charge in [-0.3, -0.25) is 9.09 Å². The van der Waals surface area contributed by atoms with E-state index < -0.39 is 52.6 Å². The predicted molar refractivity (Wildman–Crippen MR) is 55.6 cm³/mol. The molecule has 108 valence electrons. The molecule has 6 N–H and O–H groups in total. The quantitative estimate of drug-likeness (QED) is 0.305. The normalized spacial score (nSPS) is 33.9. The molecule has 1 fully saturated rings. The zero-order valence-corrected chi connectivity index (χ0v) is 10.7. The van der Waals surface area contributed by atoms with E-state index in [0.717, 1.165) is 0 Å². The number of hydrogen-bond donors (Lipinski definition) is 6. The van der Waals surface area contributed by atoms with Crippen LogP contribution in [-0.4, -0.2) is 67.0 Å². The number of aliphatic hydroxyl groups is 2. The number of phosphoric ester groups is 1. The molecule has 0 aliphatic carbocycles. The Balaban J connectivity index is 2.59. The zero-order chi connectivity index (χ0) is 14.1. The summed E-state index contributed by atoms with van der Waals surface area (Å²) in [6.45, 7) is -0.708. The number of rotatable bonds is 5. The Bertz CT molecular complexity index is 373. The third-order valence-electron chi connectivity index (χ3n) is 2.29. The molecule has 1 heterocycles. The molecular formula is C6H14O10P2. The zero-order valence-electron chi connectivity index (χ0n) is 8.93. The van der Waals surface area contributed by atoms with Gasteiger partial charge in [-0.15, -0.1) is 0 Å². The fourth-order valence-electron chi connectivity index (χ4n) is 1.52. The lowest BCUT2D eigenvalue weighted by Crippen LogP contribution is -2.35. The topological polar surface area (TPSA) is 174 Å². The highest BCUT2D eigenvalue weighted by molar-refractivity contribution is 7.51. The summed E-state index contributed by atoms with van der Waals surface area (Å²) in [4.78, 5) is 34.3. The molecule has 0 aromatic carbocycles. The van der Waals surface area contributed by atoms with Gasteiger partial charge in [0.1, 0.15) is 18.3 Å². The van der Waals surface area contributed by atoms with Crippen LogP contribution in [0.5, 0.6) is 0 Å². The maximum absolute atomic E-state index is 10.7. The Morgan fingerprint density at radius 2 is 1.50 bits per heavy atom. The molecule has 1 saturated heterocycles. The maximum Gasteiger partial charge on any atom is 0.469 e. The Labute approximate surface area is 102 Å². The van der Waals surface area contributed by atoms with Gasteiger partial charge >= 0.3 is 15.4 Å². The largest absolute Gasteiger partial charge is 0.469 e. The summed E-state index contributed by atoms with van der Waals surface area (Å²) in [5.74, 6) is 0. The molecular weight excluding hydrogens is 294 g/mol. The van der Waals surface area contributed by atoms with E-state index in [4.69, 9.17) is 24.3 Å². The minimum Gasteiger partial charge on any atom is -0.388 e. The summed E-state index contributed by atoms with van der Waals surface area (Å²) in [6, 6.07) is 0. The number of aliphatic hydroxyl groups excluding tert-OH is 2. The first-order valence-electron chi connectivity index (χ1n) is 4.76. The second-order valence-corrected chi connectivity index (χ2v) is 6.76. The van der Waals surface area contributed by atoms with Gasteiger partial charge in [-0.2, -0.15) is 0 Å². The predicted octanol–water partition coefficient (Wildman–Crippen LogP) is -2.24. The van der Waals surface area contributed by atoms with Crippen LogP contribution in [0.1, 0.15) is 0 Å². The molecule has 0 radical (unpaired) electrons. The standard InChI is InChI=1S/C6H14O10P2/c7-5-3(1-15-18(12,13)14)16-4(6(5)8)2-17(9,10)11/h3-8H,1-2H2,(H2,9,10,11)(H2,12,13,14)/t3-,4-,5-,6-/m1/s1. The minimum absolute atomic E-state index is 0.708. The van der Waals surface area contributed by atoms with Gasteiger partial charge in [0.2, 0.25) is 0 Å². The SMILES string of the molecule is O=P(O)(O)C[C@H]1O[C@H](COP(=O)(O)O)[C@@H](O)[C@@H]1O. The van der Waals surface area contributed by atoms with Crippen molar-refractivity contribution in [3.8, 4) is 0 Å². The smallest absolute Gasteiger partial charge is 0.388 e. The number of hydrogen-bond acceptors (Lipinski definition) is 6. The molecule has 10 nitrogen and oxygen atoms in total. The lowest BCUT2D eigenvalue weighted by Gasteiger charge is -2.15. The fourth-order valence-corrected chi connectivity index (χ4v) is 2.63. The van der Waals surface area contributed by atoms with Gasteiger partial charge < -0.3 is 34.5 Å². The first kappa shape index (κ1) is 16.2. The highest BCUT2D eigenvalue weighted by Crippen LogP contribution is 2.40. The summed E-state index contributed by atoms with van der Waals surface area (Å²) in [5, 5.41) is 18.9. The maximum atomic E-state index is 10.7. The molecule has 0 aromatic rings. The van der Waals surface area contributed by atoms with Crippen LogP contribution in [-0.2, 0) is 18.4 Å². The number of phosphoric acid groups is 1. The molecule has 12 heteroatoms. The molecule has 1 aliphatic heterocycles. The molecule has 4 atom stereocenters. The van der Waals surface area contributed by atoms with Gasteiger partial charge in [-0.25, -0.2) is 4.57 Å². The third-order valence-corrected chi connectivity index (χ3v) is 3.61. The van der Waals surface area contributed by atoms with Crippen LogP contribution in [0.3, 0.4) is 0 Å². The van der Waals surface area contributed by atoms with Crippen molar-refractivity contribution in [2.75, 3.05) is 12.8 Å². The molecule has 0 amide bonds. The van der Waals surface area contributed by atoms with Gasteiger partial charge in [0.05, 0.1) is 18.9 Å². The monoisotopic (exact) mass is 308 g/mol. The van der Waals surface area contributed by atoms with Crippen molar-refractivity contribution in [2.24, 2.45) is 0 Å². The highest BCUT2D eigenvalue weighted by Gasteiger charge is 2.45. The van der Waals surface area contributed by atoms with Crippen molar-refractivity contribution in [2.45, 2.75) is 24.4 Å². The van der Waals surface area contributed by atoms with E-state index in [2.05, 4.69) is 4.52 Å². The van der Waals surface area contributed by atoms with Crippen LogP contribution in [0.2, 0.25) is 0 Å². The molecule has 0 aromatic heterocycles. The van der Waals surface area contributed by atoms with Gasteiger partial charge in [0, 0.05) is 0 Å². The lowest BCUT2D eigenvalue weighted by molar-refractivity contribution is -0.0170. The van der Waals surface area contributed by atoms with Crippen molar-refractivity contribution in [1.29, 1.82) is 0 Å². The van der Waals surface area contributed by atoms with Crippen LogP contribution in [0.4, 0.5) is 0 Å². The van der Waals surface area contributed by atoms with E-state index in [1.165, 1.54) is 0 Å². The second kappa shape index (κ2) is 5.64. The van der Waals surface area contributed by atoms with Crippen molar-refractivity contribution in [1.82, 2.24) is 0 Å². The summed E-state index contributed by atoms with van der Waals surface area (Å²) in [6.07, 6.45) is -6.52. The molecule has 18 heavy (non-hydrogen) atoms. The van der Waals surface area contributed by atoms with Crippen LogP contribution in [0, 0.1) is 0 Å². The fraction of sp³-hybridized carbons (Fsp3) is 1.00. The van der Waals surface area contributed by atoms with Crippen molar-refractivity contribution >= 4 is 15.4 Å². The Morgan fingerprint density at radius 3 is 1.94 bits per heavy atom. The number of ether oxygens (including phenoxy) is 1. The summed E-state index contributed by atoms with van der Waals surface area (Å²) < 4.78 is 30.1. The van der Waals surface area contributed by atoms with Crippen molar-refractivity contribution < 1.29 is 48.2 Å². The van der Waals surface area contributed by atoms with Crippen LogP contribution < -0.4 is 0 Å². The molecule has 0 saturated carbocycles. The summed E-state index contributed by atoms with van der Waals surface area (Å²) in [5.41, 5.74) is 0. The Morgan fingerprint density at radius 1 is 1.00 bits per heavy atom. The third kappa shape index (κ3) is 5.02.